The number of hydrogen-bond acceptors (Lipinski definition) is 4. The Hall–Kier alpha value is -2.55. The largest absolute Gasteiger partial charge is 0.435 e. The molecule has 3 aromatic rings. The Labute approximate surface area is 218 Å². The average molecular weight is 555 g/mol. The first-order valence-electron chi connectivity index (χ1n) is 10.9. The zero-order valence-corrected chi connectivity index (χ0v) is 22.0. The van der Waals surface area contributed by atoms with Gasteiger partial charge in [-0.15, -0.1) is 0 Å². The highest BCUT2D eigenvalue weighted by Crippen LogP contribution is 2.49. The van der Waals surface area contributed by atoms with Crippen molar-refractivity contribution in [1.29, 1.82) is 0 Å². The molecule has 0 aromatic heterocycles. The molecular weight excluding hydrogens is 532 g/mol. The highest BCUT2D eigenvalue weighted by atomic mass is 35.5. The van der Waals surface area contributed by atoms with E-state index in [0.29, 0.717) is 10.5 Å². The highest BCUT2D eigenvalue weighted by molar-refractivity contribution is 7.93. The third-order valence-corrected chi connectivity index (χ3v) is 8.10. The number of oxime groups is 1. The fraction of sp³-hybridized carbons (Fsp3) is 0.269. The van der Waals surface area contributed by atoms with Gasteiger partial charge in [0.15, 0.2) is 0 Å². The van der Waals surface area contributed by atoms with Crippen LogP contribution in [0.1, 0.15) is 34.2 Å². The van der Waals surface area contributed by atoms with Crippen LogP contribution < -0.4 is 0 Å². The van der Waals surface area contributed by atoms with Gasteiger partial charge >= 0.3 is 6.18 Å². The lowest BCUT2D eigenvalue weighted by Crippen LogP contribution is -2.42. The molecule has 10 heteroatoms. The minimum Gasteiger partial charge on any atom is -0.374 e. The molecule has 0 N–H and O–H groups in total. The van der Waals surface area contributed by atoms with Crippen molar-refractivity contribution in [2.24, 2.45) is 9.52 Å². The Morgan fingerprint density at radius 1 is 1.00 bits per heavy atom. The van der Waals surface area contributed by atoms with Gasteiger partial charge in [-0.05, 0) is 66.4 Å². The minimum atomic E-state index is -4.76. The Morgan fingerprint density at radius 2 is 1.58 bits per heavy atom. The lowest BCUT2D eigenvalue weighted by atomic mass is 9.86. The number of hydrogen-bond donors (Lipinski definition) is 0. The maximum absolute atomic E-state index is 14.2. The van der Waals surface area contributed by atoms with Crippen molar-refractivity contribution in [3.63, 3.8) is 0 Å². The molecule has 36 heavy (non-hydrogen) atoms. The van der Waals surface area contributed by atoms with E-state index in [1.807, 2.05) is 32.0 Å². The monoisotopic (exact) mass is 554 g/mol. The van der Waals surface area contributed by atoms with Crippen LogP contribution in [-0.2, 0) is 26.7 Å². The maximum Gasteiger partial charge on any atom is 0.435 e. The Kier molecular flexibility index (Phi) is 7.16. The molecule has 0 radical (unpaired) electrons. The van der Waals surface area contributed by atoms with Crippen molar-refractivity contribution in [1.82, 2.24) is 0 Å². The molecule has 0 fully saturated rings. The van der Waals surface area contributed by atoms with Gasteiger partial charge in [0.05, 0.1) is 22.0 Å². The van der Waals surface area contributed by atoms with Crippen molar-refractivity contribution in [3.05, 3.63) is 98.5 Å². The smallest absolute Gasteiger partial charge is 0.374 e. The summed E-state index contributed by atoms with van der Waals surface area (Å²) >= 11 is 11.9. The molecule has 2 unspecified atom stereocenters. The van der Waals surface area contributed by atoms with Gasteiger partial charge in [-0.2, -0.15) is 13.2 Å². The molecule has 190 valence electrons. The van der Waals surface area contributed by atoms with Crippen molar-refractivity contribution in [2.75, 3.05) is 6.26 Å². The fourth-order valence-electron chi connectivity index (χ4n) is 4.07. The van der Waals surface area contributed by atoms with E-state index >= 15 is 0 Å². The topological polar surface area (TPSA) is 51.0 Å². The molecule has 0 saturated carbocycles. The lowest BCUT2D eigenvalue weighted by molar-refractivity contribution is -0.275. The molecule has 2 atom stereocenters. The molecule has 1 aliphatic rings. The second kappa shape index (κ2) is 9.72. The van der Waals surface area contributed by atoms with Gasteiger partial charge in [0.1, 0.15) is 0 Å². The summed E-state index contributed by atoms with van der Waals surface area (Å²) in [7, 11) is -2.61. The average Bonchev–Trinajstić information content (AvgIpc) is 3.24. The first kappa shape index (κ1) is 26.5. The molecule has 4 nitrogen and oxygen atoms in total. The second-order valence-corrected chi connectivity index (χ2v) is 12.1. The number of aryl methyl sites for hydroxylation is 2. The summed E-state index contributed by atoms with van der Waals surface area (Å²) < 4.78 is 60.2. The highest BCUT2D eigenvalue weighted by Gasteiger charge is 2.62. The molecule has 0 amide bonds. The normalized spacial score (nSPS) is 19.4. The summed E-state index contributed by atoms with van der Waals surface area (Å²) in [5.74, 6) is 0. The third-order valence-electron chi connectivity index (χ3n) is 5.93. The van der Waals surface area contributed by atoms with Crippen molar-refractivity contribution >= 4 is 38.6 Å². The predicted octanol–water partition coefficient (Wildman–Crippen LogP) is 7.85. The number of benzene rings is 3. The molecule has 1 aliphatic heterocycles. The van der Waals surface area contributed by atoms with E-state index in [9.17, 15) is 17.4 Å². The zero-order chi connectivity index (χ0) is 26.3. The van der Waals surface area contributed by atoms with Gasteiger partial charge in [0.2, 0.25) is 0 Å². The molecule has 0 spiro atoms. The lowest BCUT2D eigenvalue weighted by Gasteiger charge is -2.29. The Morgan fingerprint density at radius 3 is 2.14 bits per heavy atom. The first-order chi connectivity index (χ1) is 16.8. The quantitative estimate of drug-likeness (QED) is 0.322. The summed E-state index contributed by atoms with van der Waals surface area (Å²) in [5, 5.41) is 3.91. The predicted molar refractivity (Wildman–Crippen MR) is 137 cm³/mol. The Bertz CT molecular complexity index is 1420. The summed E-state index contributed by atoms with van der Waals surface area (Å²) in [4.78, 5) is 5.71. The van der Waals surface area contributed by atoms with E-state index in [2.05, 4.69) is 9.52 Å². The van der Waals surface area contributed by atoms with E-state index < -0.39 is 27.9 Å². The fourth-order valence-corrected chi connectivity index (χ4v) is 5.95. The van der Waals surface area contributed by atoms with Gasteiger partial charge in [-0.3, -0.25) is 0 Å². The van der Waals surface area contributed by atoms with Gasteiger partial charge < -0.3 is 4.84 Å². The zero-order valence-electron chi connectivity index (χ0n) is 19.7. The second-order valence-electron chi connectivity index (χ2n) is 8.90. The number of rotatable bonds is 5. The van der Waals surface area contributed by atoms with E-state index in [1.165, 1.54) is 18.2 Å². The standard InChI is InChI=1S/C26H23Cl2F3N2O2S/c1-16-8-17(2)10-23(9-16)36(3,34)32-15-18-4-6-19(7-5-18)24-14-25(35-33-24,26(29,30)31)20-11-21(27)13-22(28)12-20/h4-13H,14-15H2,1-3H3. The summed E-state index contributed by atoms with van der Waals surface area (Å²) in [6.07, 6.45) is -3.70. The van der Waals surface area contributed by atoms with Crippen LogP contribution in [0.2, 0.25) is 10.0 Å². The van der Waals surface area contributed by atoms with Gasteiger partial charge in [-0.1, -0.05) is 58.7 Å². The van der Waals surface area contributed by atoms with Gasteiger partial charge in [-0.25, -0.2) is 8.57 Å². The van der Waals surface area contributed by atoms with Crippen LogP contribution in [0.3, 0.4) is 0 Å². The van der Waals surface area contributed by atoms with E-state index in [0.717, 1.165) is 16.7 Å². The molecule has 0 saturated heterocycles. The molecule has 4 rings (SSSR count). The van der Waals surface area contributed by atoms with Crippen LogP contribution in [0.25, 0.3) is 0 Å². The van der Waals surface area contributed by atoms with Crippen LogP contribution in [0, 0.1) is 13.8 Å². The van der Waals surface area contributed by atoms with Crippen LogP contribution in [-0.4, -0.2) is 22.4 Å². The van der Waals surface area contributed by atoms with Gasteiger partial charge in [0.25, 0.3) is 5.60 Å². The van der Waals surface area contributed by atoms with Crippen LogP contribution in [0.15, 0.2) is 75.1 Å². The van der Waals surface area contributed by atoms with Crippen LogP contribution in [0.5, 0.6) is 0 Å². The van der Waals surface area contributed by atoms with E-state index in [-0.39, 0.29) is 27.9 Å². The van der Waals surface area contributed by atoms with Gasteiger partial charge in [0, 0.05) is 33.2 Å². The van der Waals surface area contributed by atoms with Crippen molar-refractivity contribution in [3.8, 4) is 0 Å². The maximum atomic E-state index is 14.2. The number of nitrogens with zero attached hydrogens (tertiary/aromatic N) is 2. The molecule has 0 bridgehead atoms. The molecular formula is C26H23Cl2F3N2O2S. The summed E-state index contributed by atoms with van der Waals surface area (Å²) in [6.45, 7) is 4.07. The minimum absolute atomic E-state index is 0.0691. The van der Waals surface area contributed by atoms with E-state index in [4.69, 9.17) is 28.0 Å². The number of alkyl halides is 3. The first-order valence-corrected chi connectivity index (χ1v) is 13.6. The molecule has 1 heterocycles. The third kappa shape index (κ3) is 5.41. The summed E-state index contributed by atoms with van der Waals surface area (Å²) in [5.41, 5.74) is 0.491. The Balaban J connectivity index is 1.56. The van der Waals surface area contributed by atoms with Crippen molar-refractivity contribution < 1.29 is 22.2 Å². The van der Waals surface area contributed by atoms with Crippen LogP contribution in [0.4, 0.5) is 13.2 Å². The SMILES string of the molecule is Cc1cc(C)cc(S(C)(=O)=NCc2ccc(C3=NOC(c4cc(Cl)cc(Cl)c4)(C(F)(F)F)C3)cc2)c1. The molecule has 3 aromatic carbocycles. The van der Waals surface area contributed by atoms with Crippen molar-refractivity contribution in [2.45, 2.75) is 43.5 Å². The number of halogens is 5. The molecule has 0 aliphatic carbocycles. The van der Waals surface area contributed by atoms with E-state index in [1.54, 1.807) is 30.5 Å². The van der Waals surface area contributed by atoms with Crippen LogP contribution >= 0.6 is 23.2 Å². The summed E-state index contributed by atoms with van der Waals surface area (Å²) in [6, 6.07) is 16.2.